The molecule has 0 saturated heterocycles. The van der Waals surface area contributed by atoms with Crippen LogP contribution in [0.4, 0.5) is 4.79 Å². The summed E-state index contributed by atoms with van der Waals surface area (Å²) >= 11 is 0. The van der Waals surface area contributed by atoms with Crippen LogP contribution in [-0.2, 0) is 4.74 Å². The molecule has 0 amide bonds. The number of carbonyl (C=O) groups excluding carboxylic acids is 1. The number of carbonyl (C=O) groups is 1. The van der Waals surface area contributed by atoms with Crippen LogP contribution < -0.4 is 0 Å². The van der Waals surface area contributed by atoms with Crippen molar-refractivity contribution in [2.24, 2.45) is 0 Å². The Morgan fingerprint density at radius 2 is 2.27 bits per heavy atom. The van der Waals surface area contributed by atoms with E-state index in [0.29, 0.717) is 11.1 Å². The molecule has 0 unspecified atom stereocenters. The third-order valence-corrected chi connectivity index (χ3v) is 1.76. The fourth-order valence-electron chi connectivity index (χ4n) is 1.21. The van der Waals surface area contributed by atoms with Crippen molar-refractivity contribution >= 4 is 17.2 Å². The molecule has 0 radical (unpaired) electrons. The average Bonchev–Trinajstić information content (AvgIpc) is 2.57. The van der Waals surface area contributed by atoms with Crippen LogP contribution >= 0.6 is 0 Å². The molecule has 0 N–H and O–H groups in total. The first-order valence-corrected chi connectivity index (χ1v) is 4.62. The smallest absolute Gasteiger partial charge is 0.435 e. The van der Waals surface area contributed by atoms with Crippen LogP contribution in [0.3, 0.4) is 0 Å². The Bertz CT molecular complexity index is 490. The third-order valence-electron chi connectivity index (χ3n) is 1.76. The van der Waals surface area contributed by atoms with Crippen LogP contribution in [0.1, 0.15) is 20.8 Å². The summed E-state index contributed by atoms with van der Waals surface area (Å²) in [6, 6.07) is 1.67. The molecule has 0 aromatic carbocycles. The van der Waals surface area contributed by atoms with Gasteiger partial charge < -0.3 is 9.15 Å². The lowest BCUT2D eigenvalue weighted by molar-refractivity contribution is 0.0523. The van der Waals surface area contributed by atoms with Crippen molar-refractivity contribution < 1.29 is 13.9 Å². The number of hydrogen-bond acceptors (Lipinski definition) is 4. The summed E-state index contributed by atoms with van der Waals surface area (Å²) in [7, 11) is 0. The van der Waals surface area contributed by atoms with Crippen LogP contribution in [0.15, 0.2) is 22.9 Å². The topological polar surface area (TPSA) is 57.3 Å². The van der Waals surface area contributed by atoms with E-state index < -0.39 is 11.7 Å². The van der Waals surface area contributed by atoms with Crippen LogP contribution in [0.2, 0.25) is 0 Å². The number of rotatable bonds is 0. The number of aromatic nitrogens is 2. The van der Waals surface area contributed by atoms with Gasteiger partial charge in [0.1, 0.15) is 11.1 Å². The monoisotopic (exact) mass is 208 g/mol. The Morgan fingerprint density at radius 1 is 1.53 bits per heavy atom. The largest absolute Gasteiger partial charge is 0.461 e. The highest BCUT2D eigenvalue weighted by molar-refractivity contribution is 5.84. The third kappa shape index (κ3) is 1.86. The van der Waals surface area contributed by atoms with Crippen molar-refractivity contribution in [1.82, 2.24) is 9.78 Å². The molecule has 0 aliphatic carbocycles. The highest BCUT2D eigenvalue weighted by Crippen LogP contribution is 2.16. The molecule has 0 aliphatic heterocycles. The van der Waals surface area contributed by atoms with Crippen LogP contribution in [0.5, 0.6) is 0 Å². The number of hydrogen-bond donors (Lipinski definition) is 0. The Balaban J connectivity index is 2.32. The Morgan fingerprint density at radius 3 is 2.93 bits per heavy atom. The molecule has 2 aromatic heterocycles. The Hall–Kier alpha value is -1.78. The molecule has 0 saturated carbocycles. The lowest BCUT2D eigenvalue weighted by Crippen LogP contribution is -2.27. The SMILES string of the molecule is CC(C)(C)OC(=O)n1ncc2occc21. The van der Waals surface area contributed by atoms with Crippen LogP contribution in [-0.4, -0.2) is 21.5 Å². The van der Waals surface area contributed by atoms with Gasteiger partial charge in [-0.05, 0) is 20.8 Å². The van der Waals surface area contributed by atoms with Crippen molar-refractivity contribution in [3.8, 4) is 0 Å². The average molecular weight is 208 g/mol. The first-order chi connectivity index (χ1) is 6.97. The molecule has 5 heteroatoms. The van der Waals surface area contributed by atoms with Crippen LogP contribution in [0.25, 0.3) is 11.1 Å². The summed E-state index contributed by atoms with van der Waals surface area (Å²) in [6.45, 7) is 5.42. The van der Waals surface area contributed by atoms with E-state index >= 15 is 0 Å². The van der Waals surface area contributed by atoms with Gasteiger partial charge in [-0.15, -0.1) is 0 Å². The number of nitrogens with zero attached hydrogens (tertiary/aromatic N) is 2. The summed E-state index contributed by atoms with van der Waals surface area (Å²) < 4.78 is 11.5. The van der Waals surface area contributed by atoms with E-state index in [1.807, 2.05) is 0 Å². The van der Waals surface area contributed by atoms with Gasteiger partial charge in [0.25, 0.3) is 0 Å². The van der Waals surface area contributed by atoms with Gasteiger partial charge in [0, 0.05) is 6.07 Å². The maximum absolute atomic E-state index is 11.7. The van der Waals surface area contributed by atoms with E-state index in [0.717, 1.165) is 0 Å². The van der Waals surface area contributed by atoms with Crippen molar-refractivity contribution in [2.45, 2.75) is 26.4 Å². The van der Waals surface area contributed by atoms with Gasteiger partial charge in [0.05, 0.1) is 12.5 Å². The zero-order chi connectivity index (χ0) is 11.1. The minimum atomic E-state index is -0.529. The fraction of sp³-hybridized carbons (Fsp3) is 0.400. The molecule has 2 rings (SSSR count). The van der Waals surface area contributed by atoms with E-state index in [1.165, 1.54) is 17.1 Å². The van der Waals surface area contributed by atoms with Crippen molar-refractivity contribution in [3.05, 3.63) is 18.5 Å². The zero-order valence-corrected chi connectivity index (χ0v) is 8.85. The first-order valence-electron chi connectivity index (χ1n) is 4.62. The Kier molecular flexibility index (Phi) is 2.03. The van der Waals surface area contributed by atoms with E-state index in [2.05, 4.69) is 5.10 Å². The van der Waals surface area contributed by atoms with Gasteiger partial charge >= 0.3 is 6.09 Å². The summed E-state index contributed by atoms with van der Waals surface area (Å²) in [5, 5.41) is 3.89. The predicted molar refractivity (Wildman–Crippen MR) is 53.6 cm³/mol. The highest BCUT2D eigenvalue weighted by Gasteiger charge is 2.20. The molecule has 2 aromatic rings. The van der Waals surface area contributed by atoms with E-state index in [4.69, 9.17) is 9.15 Å². The second-order valence-corrected chi connectivity index (χ2v) is 4.21. The van der Waals surface area contributed by atoms with Crippen molar-refractivity contribution in [2.75, 3.05) is 0 Å². The fourth-order valence-corrected chi connectivity index (χ4v) is 1.21. The molecule has 0 aliphatic rings. The second-order valence-electron chi connectivity index (χ2n) is 4.21. The maximum Gasteiger partial charge on any atom is 0.435 e. The molecule has 2 heterocycles. The number of ether oxygens (including phenoxy) is 1. The molecule has 0 fully saturated rings. The zero-order valence-electron chi connectivity index (χ0n) is 8.85. The standard InChI is InChI=1S/C10H12N2O3/c1-10(2,3)15-9(13)12-7-4-5-14-8(7)6-11-12/h4-6H,1-3H3. The molecule has 5 nitrogen and oxygen atoms in total. The highest BCUT2D eigenvalue weighted by atomic mass is 16.6. The Labute approximate surface area is 86.6 Å². The normalized spacial score (nSPS) is 11.9. The molecule has 15 heavy (non-hydrogen) atoms. The summed E-state index contributed by atoms with van der Waals surface area (Å²) in [4.78, 5) is 11.7. The van der Waals surface area contributed by atoms with Gasteiger partial charge in [-0.25, -0.2) is 4.79 Å². The van der Waals surface area contributed by atoms with Gasteiger partial charge in [0.2, 0.25) is 0 Å². The van der Waals surface area contributed by atoms with E-state index in [-0.39, 0.29) is 0 Å². The summed E-state index contributed by atoms with van der Waals surface area (Å²) in [5.74, 6) is 0. The quantitative estimate of drug-likeness (QED) is 0.667. The molecule has 0 atom stereocenters. The predicted octanol–water partition coefficient (Wildman–Crippen LogP) is 2.41. The lowest BCUT2D eigenvalue weighted by Gasteiger charge is -2.18. The minimum absolute atomic E-state index is 0.501. The van der Waals surface area contributed by atoms with Gasteiger partial charge in [-0.1, -0.05) is 0 Å². The van der Waals surface area contributed by atoms with Gasteiger partial charge in [0.15, 0.2) is 5.58 Å². The van der Waals surface area contributed by atoms with Gasteiger partial charge in [-0.3, -0.25) is 0 Å². The second kappa shape index (κ2) is 3.12. The van der Waals surface area contributed by atoms with Crippen molar-refractivity contribution in [3.63, 3.8) is 0 Å². The minimum Gasteiger partial charge on any atom is -0.461 e. The summed E-state index contributed by atoms with van der Waals surface area (Å²) in [6.07, 6.45) is 2.49. The molecule has 80 valence electrons. The van der Waals surface area contributed by atoms with Gasteiger partial charge in [-0.2, -0.15) is 9.78 Å². The number of fused-ring (bicyclic) bond motifs is 1. The first kappa shape index (κ1) is 9.76. The lowest BCUT2D eigenvalue weighted by atomic mass is 10.2. The molecular weight excluding hydrogens is 196 g/mol. The molecule has 0 bridgehead atoms. The number of furan rings is 1. The van der Waals surface area contributed by atoms with E-state index in [9.17, 15) is 4.79 Å². The van der Waals surface area contributed by atoms with Crippen molar-refractivity contribution in [1.29, 1.82) is 0 Å². The van der Waals surface area contributed by atoms with E-state index in [1.54, 1.807) is 26.8 Å². The molecular formula is C10H12N2O3. The maximum atomic E-state index is 11.7. The van der Waals surface area contributed by atoms with Crippen LogP contribution in [0, 0.1) is 0 Å². The molecule has 0 spiro atoms. The summed E-state index contributed by atoms with van der Waals surface area (Å²) in [5.41, 5.74) is 0.657.